The normalized spacial score (nSPS) is 15.1. The minimum atomic E-state index is -0.390. The summed E-state index contributed by atoms with van der Waals surface area (Å²) in [5, 5.41) is 22.8. The Morgan fingerprint density at radius 2 is 2.07 bits per heavy atom. The van der Waals surface area contributed by atoms with Gasteiger partial charge in [0.25, 0.3) is 0 Å². The molecule has 1 aliphatic heterocycles. The van der Waals surface area contributed by atoms with Crippen LogP contribution in [-0.2, 0) is 4.74 Å². The van der Waals surface area contributed by atoms with E-state index in [1.54, 1.807) is 43.1 Å². The fraction of sp³-hybridized carbons (Fsp3) is 0.444. The minimum Gasteiger partial charge on any atom is -0.381 e. The summed E-state index contributed by atoms with van der Waals surface area (Å²) < 4.78 is 6.23. The zero-order valence-corrected chi connectivity index (χ0v) is 17.2. The van der Waals surface area contributed by atoms with Gasteiger partial charge in [0.2, 0.25) is 5.13 Å². The highest BCUT2D eigenvalue weighted by Crippen LogP contribution is 2.26. The number of likely N-dealkylation sites (tertiary alicyclic amines) is 1. The monoisotopic (exact) mass is 418 g/mol. The number of carbonyl (C=O) groups is 1. The third-order valence-corrected chi connectivity index (χ3v) is 6.35. The van der Waals surface area contributed by atoms with Crippen LogP contribution in [0, 0.1) is 11.3 Å². The Morgan fingerprint density at radius 1 is 1.32 bits per heavy atom. The van der Waals surface area contributed by atoms with Crippen LogP contribution in [0.5, 0.6) is 0 Å². The quantitative estimate of drug-likeness (QED) is 0.525. The van der Waals surface area contributed by atoms with Gasteiger partial charge in [0.15, 0.2) is 4.34 Å². The van der Waals surface area contributed by atoms with E-state index in [1.165, 1.54) is 11.3 Å². The van der Waals surface area contributed by atoms with Crippen molar-refractivity contribution < 1.29 is 9.53 Å². The second-order valence-corrected chi connectivity index (χ2v) is 8.59. The number of anilines is 2. The molecule has 3 rings (SSSR count). The van der Waals surface area contributed by atoms with Gasteiger partial charge in [-0.05, 0) is 37.1 Å². The van der Waals surface area contributed by atoms with Crippen LogP contribution in [0.25, 0.3) is 0 Å². The number of hydrogen-bond donors (Lipinski definition) is 2. The molecule has 148 valence electrons. The number of piperidine rings is 1. The molecule has 0 unspecified atom stereocenters. The number of amides is 2. The largest absolute Gasteiger partial charge is 0.381 e. The lowest BCUT2D eigenvalue weighted by atomic mass is 10.1. The highest BCUT2D eigenvalue weighted by molar-refractivity contribution is 8.01. The Balaban J connectivity index is 1.38. The molecule has 0 radical (unpaired) electrons. The predicted octanol–water partition coefficient (Wildman–Crippen LogP) is 3.26. The molecule has 2 amide bonds. The molecule has 1 aromatic heterocycles. The first-order valence-electron chi connectivity index (χ1n) is 8.96. The van der Waals surface area contributed by atoms with Crippen LogP contribution in [0.3, 0.4) is 0 Å². The number of hydrogen-bond acceptors (Lipinski definition) is 8. The number of ether oxygens (including phenoxy) is 1. The second-order valence-electron chi connectivity index (χ2n) is 6.27. The van der Waals surface area contributed by atoms with E-state index in [2.05, 4.69) is 25.7 Å². The molecule has 1 aliphatic rings. The summed E-state index contributed by atoms with van der Waals surface area (Å²) in [6.45, 7) is 3.14. The maximum absolute atomic E-state index is 12.0. The number of benzene rings is 1. The number of carbonyl (C=O) groups excluding carboxylic acids is 1. The lowest BCUT2D eigenvalue weighted by Gasteiger charge is -2.30. The van der Waals surface area contributed by atoms with Gasteiger partial charge < -0.3 is 15.0 Å². The molecule has 8 nitrogen and oxygen atoms in total. The SMILES string of the molecule is COC1CCN(CCSc2nnc(NC(=O)Nc3ccc(C#N)cc3)s2)CC1. The zero-order chi connectivity index (χ0) is 19.8. The Labute approximate surface area is 172 Å². The van der Waals surface area contributed by atoms with Crippen molar-refractivity contribution in [2.24, 2.45) is 0 Å². The third kappa shape index (κ3) is 6.17. The summed E-state index contributed by atoms with van der Waals surface area (Å²) >= 11 is 3.00. The molecule has 1 aromatic carbocycles. The summed E-state index contributed by atoms with van der Waals surface area (Å²) in [6, 6.07) is 8.29. The maximum Gasteiger partial charge on any atom is 0.325 e. The van der Waals surface area contributed by atoms with Crippen molar-refractivity contribution in [2.45, 2.75) is 23.3 Å². The van der Waals surface area contributed by atoms with Crippen LogP contribution >= 0.6 is 23.1 Å². The fourth-order valence-corrected chi connectivity index (χ4v) is 4.65. The van der Waals surface area contributed by atoms with Crippen LogP contribution in [0.1, 0.15) is 18.4 Å². The van der Waals surface area contributed by atoms with Crippen LogP contribution in [0.2, 0.25) is 0 Å². The topological polar surface area (TPSA) is 103 Å². The molecule has 2 aromatic rings. The Kier molecular flexibility index (Phi) is 7.62. The number of nitrogens with zero attached hydrogens (tertiary/aromatic N) is 4. The maximum atomic E-state index is 12.0. The van der Waals surface area contributed by atoms with E-state index in [0.717, 1.165) is 42.6 Å². The summed E-state index contributed by atoms with van der Waals surface area (Å²) in [5.41, 5.74) is 1.15. The van der Waals surface area contributed by atoms with Gasteiger partial charge in [0.05, 0.1) is 17.7 Å². The molecule has 0 bridgehead atoms. The van der Waals surface area contributed by atoms with E-state index in [9.17, 15) is 4.79 Å². The second kappa shape index (κ2) is 10.4. The summed E-state index contributed by atoms with van der Waals surface area (Å²) in [6.07, 6.45) is 2.57. The first kappa shape index (κ1) is 20.5. The van der Waals surface area contributed by atoms with E-state index in [1.807, 2.05) is 6.07 Å². The molecule has 10 heteroatoms. The average molecular weight is 419 g/mol. The number of rotatable bonds is 7. The number of aromatic nitrogens is 2. The van der Waals surface area contributed by atoms with Crippen molar-refractivity contribution >= 4 is 39.9 Å². The van der Waals surface area contributed by atoms with Gasteiger partial charge in [0, 0.05) is 38.2 Å². The van der Waals surface area contributed by atoms with Crippen molar-refractivity contribution in [3.05, 3.63) is 29.8 Å². The van der Waals surface area contributed by atoms with Gasteiger partial charge in [-0.3, -0.25) is 5.32 Å². The number of nitriles is 1. The molecule has 1 fully saturated rings. The molecule has 0 spiro atoms. The van der Waals surface area contributed by atoms with E-state index < -0.39 is 6.03 Å². The highest BCUT2D eigenvalue weighted by Gasteiger charge is 2.18. The van der Waals surface area contributed by atoms with E-state index >= 15 is 0 Å². The zero-order valence-electron chi connectivity index (χ0n) is 15.6. The molecular weight excluding hydrogens is 396 g/mol. The Bertz CT molecular complexity index is 812. The molecule has 2 N–H and O–H groups in total. The smallest absolute Gasteiger partial charge is 0.325 e. The number of urea groups is 1. The van der Waals surface area contributed by atoms with Crippen LogP contribution in [0.4, 0.5) is 15.6 Å². The standard InChI is InChI=1S/C18H22N6O2S2/c1-26-15-6-8-24(9-7-15)10-11-27-18-23-22-17(28-18)21-16(25)20-14-4-2-13(12-19)3-5-14/h2-5,15H,6-11H2,1H3,(H2,20,21,22,25). The lowest BCUT2D eigenvalue weighted by Crippen LogP contribution is -2.37. The lowest BCUT2D eigenvalue weighted by molar-refractivity contribution is 0.0430. The Morgan fingerprint density at radius 3 is 2.75 bits per heavy atom. The van der Waals surface area contributed by atoms with Crippen molar-refractivity contribution in [1.29, 1.82) is 5.26 Å². The van der Waals surface area contributed by atoms with Gasteiger partial charge >= 0.3 is 6.03 Å². The summed E-state index contributed by atoms with van der Waals surface area (Å²) in [7, 11) is 1.78. The third-order valence-electron chi connectivity index (χ3n) is 4.40. The van der Waals surface area contributed by atoms with Crippen molar-refractivity contribution in [1.82, 2.24) is 15.1 Å². The molecular formula is C18H22N6O2S2. The van der Waals surface area contributed by atoms with Gasteiger partial charge in [-0.1, -0.05) is 23.1 Å². The van der Waals surface area contributed by atoms with Gasteiger partial charge in [0.1, 0.15) is 0 Å². The van der Waals surface area contributed by atoms with Gasteiger partial charge in [-0.15, -0.1) is 10.2 Å². The van der Waals surface area contributed by atoms with Crippen molar-refractivity contribution in [2.75, 3.05) is 43.1 Å². The van der Waals surface area contributed by atoms with Crippen LogP contribution in [0.15, 0.2) is 28.6 Å². The first-order chi connectivity index (χ1) is 13.7. The molecule has 2 heterocycles. The molecule has 0 atom stereocenters. The highest BCUT2D eigenvalue weighted by atomic mass is 32.2. The van der Waals surface area contributed by atoms with Gasteiger partial charge in [-0.2, -0.15) is 5.26 Å². The molecule has 28 heavy (non-hydrogen) atoms. The van der Waals surface area contributed by atoms with E-state index in [4.69, 9.17) is 10.00 Å². The molecule has 0 aliphatic carbocycles. The van der Waals surface area contributed by atoms with Crippen LogP contribution in [-0.4, -0.2) is 59.7 Å². The van der Waals surface area contributed by atoms with E-state index in [-0.39, 0.29) is 0 Å². The number of nitrogens with one attached hydrogen (secondary N) is 2. The van der Waals surface area contributed by atoms with Crippen LogP contribution < -0.4 is 10.6 Å². The predicted molar refractivity (Wildman–Crippen MR) is 111 cm³/mol. The van der Waals surface area contributed by atoms with E-state index in [0.29, 0.717) is 22.5 Å². The van der Waals surface area contributed by atoms with Crippen molar-refractivity contribution in [3.8, 4) is 6.07 Å². The van der Waals surface area contributed by atoms with Crippen molar-refractivity contribution in [3.63, 3.8) is 0 Å². The number of thioether (sulfide) groups is 1. The molecule has 1 saturated heterocycles. The minimum absolute atomic E-state index is 0.390. The molecule has 0 saturated carbocycles. The van der Waals surface area contributed by atoms with Gasteiger partial charge in [-0.25, -0.2) is 4.79 Å². The number of methoxy groups -OCH3 is 1. The summed E-state index contributed by atoms with van der Waals surface area (Å²) in [4.78, 5) is 14.5. The average Bonchev–Trinajstić information content (AvgIpc) is 3.16. The summed E-state index contributed by atoms with van der Waals surface area (Å²) in [5.74, 6) is 0.934. The first-order valence-corrected chi connectivity index (χ1v) is 10.8. The Hall–Kier alpha value is -2.19. The fourth-order valence-electron chi connectivity index (χ4n) is 2.84.